The minimum Gasteiger partial charge on any atom is -0.393 e. The third-order valence-corrected chi connectivity index (χ3v) is 4.11. The summed E-state index contributed by atoms with van der Waals surface area (Å²) in [5.41, 5.74) is 2.80. The average molecular weight is 290 g/mol. The van der Waals surface area contributed by atoms with E-state index in [1.165, 1.54) is 0 Å². The van der Waals surface area contributed by atoms with Crippen LogP contribution in [0, 0.1) is 19.8 Å². The Kier molecular flexibility index (Phi) is 4.96. The Bertz CT molecular complexity index is 542. The number of amides is 2. The molecule has 0 saturated heterocycles. The lowest BCUT2D eigenvalue weighted by atomic mass is 10.1. The zero-order chi connectivity index (χ0) is 15.4. The van der Waals surface area contributed by atoms with Crippen molar-refractivity contribution >= 4 is 17.5 Å². The SMILES string of the molecule is Cc1ccc(NC(=O)C(=O)NCC2CCCC2O)cc1C. The van der Waals surface area contributed by atoms with Crippen molar-refractivity contribution in [2.45, 2.75) is 39.2 Å². The highest BCUT2D eigenvalue weighted by Gasteiger charge is 2.26. The quantitative estimate of drug-likeness (QED) is 0.739. The van der Waals surface area contributed by atoms with Gasteiger partial charge in [-0.2, -0.15) is 0 Å². The van der Waals surface area contributed by atoms with Gasteiger partial charge in [0.05, 0.1) is 6.10 Å². The Morgan fingerprint density at radius 2 is 1.95 bits per heavy atom. The average Bonchev–Trinajstić information content (AvgIpc) is 2.85. The maximum Gasteiger partial charge on any atom is 0.313 e. The number of nitrogens with one attached hydrogen (secondary N) is 2. The van der Waals surface area contributed by atoms with Crippen LogP contribution in [-0.2, 0) is 9.59 Å². The molecule has 5 heteroatoms. The summed E-state index contributed by atoms with van der Waals surface area (Å²) in [6.07, 6.45) is 2.26. The van der Waals surface area contributed by atoms with Crippen molar-refractivity contribution in [1.29, 1.82) is 0 Å². The number of hydrogen-bond donors (Lipinski definition) is 3. The zero-order valence-electron chi connectivity index (χ0n) is 12.5. The molecule has 1 fully saturated rings. The third-order valence-electron chi connectivity index (χ3n) is 4.11. The number of aliphatic hydroxyl groups is 1. The predicted octanol–water partition coefficient (Wildman–Crippen LogP) is 1.52. The lowest BCUT2D eigenvalue weighted by Crippen LogP contribution is -2.39. The van der Waals surface area contributed by atoms with E-state index in [1.807, 2.05) is 26.0 Å². The molecule has 0 aliphatic heterocycles. The van der Waals surface area contributed by atoms with Crippen LogP contribution in [0.2, 0.25) is 0 Å². The second-order valence-electron chi connectivity index (χ2n) is 5.72. The lowest BCUT2D eigenvalue weighted by molar-refractivity contribution is -0.136. The number of benzene rings is 1. The second kappa shape index (κ2) is 6.72. The standard InChI is InChI=1S/C16H22N2O3/c1-10-6-7-13(8-11(10)2)18-16(21)15(20)17-9-12-4-3-5-14(12)19/h6-8,12,14,19H,3-5,9H2,1-2H3,(H,17,20)(H,18,21). The molecule has 1 aliphatic rings. The first-order valence-corrected chi connectivity index (χ1v) is 7.32. The summed E-state index contributed by atoms with van der Waals surface area (Å²) in [4.78, 5) is 23.6. The minimum atomic E-state index is -0.675. The first kappa shape index (κ1) is 15.5. The van der Waals surface area contributed by atoms with Crippen LogP contribution in [0.25, 0.3) is 0 Å². The van der Waals surface area contributed by atoms with Crippen LogP contribution in [0.5, 0.6) is 0 Å². The summed E-state index contributed by atoms with van der Waals surface area (Å²) in [6.45, 7) is 4.29. The van der Waals surface area contributed by atoms with E-state index in [1.54, 1.807) is 6.07 Å². The molecule has 0 heterocycles. The fourth-order valence-corrected chi connectivity index (χ4v) is 2.57. The largest absolute Gasteiger partial charge is 0.393 e. The minimum absolute atomic E-state index is 0.0587. The van der Waals surface area contributed by atoms with E-state index in [0.29, 0.717) is 12.2 Å². The number of aryl methyl sites for hydroxylation is 2. The highest BCUT2D eigenvalue weighted by Crippen LogP contribution is 2.24. The molecule has 1 aromatic rings. The van der Waals surface area contributed by atoms with Crippen molar-refractivity contribution in [3.8, 4) is 0 Å². The number of aliphatic hydroxyl groups excluding tert-OH is 1. The summed E-state index contributed by atoms with van der Waals surface area (Å²) < 4.78 is 0. The van der Waals surface area contributed by atoms with E-state index in [2.05, 4.69) is 10.6 Å². The van der Waals surface area contributed by atoms with Crippen molar-refractivity contribution in [2.75, 3.05) is 11.9 Å². The van der Waals surface area contributed by atoms with Crippen molar-refractivity contribution in [3.63, 3.8) is 0 Å². The van der Waals surface area contributed by atoms with Gasteiger partial charge in [0, 0.05) is 18.2 Å². The molecule has 114 valence electrons. The van der Waals surface area contributed by atoms with Gasteiger partial charge >= 0.3 is 11.8 Å². The van der Waals surface area contributed by atoms with Crippen LogP contribution in [0.3, 0.4) is 0 Å². The summed E-state index contributed by atoms with van der Waals surface area (Å²) in [7, 11) is 0. The lowest BCUT2D eigenvalue weighted by Gasteiger charge is -2.15. The van der Waals surface area contributed by atoms with Gasteiger partial charge in [0.1, 0.15) is 0 Å². The summed E-state index contributed by atoms with van der Waals surface area (Å²) in [5, 5.41) is 14.9. The van der Waals surface area contributed by atoms with E-state index in [4.69, 9.17) is 0 Å². The van der Waals surface area contributed by atoms with Gasteiger partial charge in [-0.15, -0.1) is 0 Å². The van der Waals surface area contributed by atoms with Crippen molar-refractivity contribution in [2.24, 2.45) is 5.92 Å². The van der Waals surface area contributed by atoms with E-state index in [-0.39, 0.29) is 12.0 Å². The number of hydrogen-bond acceptors (Lipinski definition) is 3. The molecular formula is C16H22N2O3. The molecule has 0 radical (unpaired) electrons. The fraction of sp³-hybridized carbons (Fsp3) is 0.500. The van der Waals surface area contributed by atoms with Gasteiger partial charge in [0.15, 0.2) is 0 Å². The maximum atomic E-state index is 11.8. The highest BCUT2D eigenvalue weighted by atomic mass is 16.3. The molecule has 2 unspecified atom stereocenters. The highest BCUT2D eigenvalue weighted by molar-refractivity contribution is 6.39. The molecule has 3 N–H and O–H groups in total. The van der Waals surface area contributed by atoms with Gasteiger partial charge < -0.3 is 15.7 Å². The molecule has 2 rings (SSSR count). The van der Waals surface area contributed by atoms with Gasteiger partial charge in [-0.25, -0.2) is 0 Å². The third kappa shape index (κ3) is 4.04. The molecule has 2 amide bonds. The molecule has 0 spiro atoms. The molecule has 1 aliphatic carbocycles. The van der Waals surface area contributed by atoms with Gasteiger partial charge in [-0.05, 0) is 49.9 Å². The van der Waals surface area contributed by atoms with Crippen LogP contribution in [0.1, 0.15) is 30.4 Å². The molecule has 1 saturated carbocycles. The maximum absolute atomic E-state index is 11.8. The number of anilines is 1. The van der Waals surface area contributed by atoms with Crippen LogP contribution in [0.4, 0.5) is 5.69 Å². The van der Waals surface area contributed by atoms with E-state index in [9.17, 15) is 14.7 Å². The van der Waals surface area contributed by atoms with Gasteiger partial charge in [0.2, 0.25) is 0 Å². The van der Waals surface area contributed by atoms with E-state index >= 15 is 0 Å². The number of carbonyl (C=O) groups excluding carboxylic acids is 2. The molecule has 5 nitrogen and oxygen atoms in total. The molecule has 0 bridgehead atoms. The first-order chi connectivity index (χ1) is 9.97. The summed E-state index contributed by atoms with van der Waals surface area (Å²) in [5.74, 6) is -1.28. The Hall–Kier alpha value is -1.88. The molecule has 21 heavy (non-hydrogen) atoms. The Balaban J connectivity index is 1.84. The number of carbonyl (C=O) groups is 2. The normalized spacial score (nSPS) is 21.1. The Morgan fingerprint density at radius 3 is 2.57 bits per heavy atom. The van der Waals surface area contributed by atoms with Gasteiger partial charge in [-0.3, -0.25) is 9.59 Å². The number of rotatable bonds is 3. The summed E-state index contributed by atoms with van der Waals surface area (Å²) in [6, 6.07) is 5.51. The van der Waals surface area contributed by atoms with Crippen molar-refractivity contribution in [1.82, 2.24) is 5.32 Å². The zero-order valence-corrected chi connectivity index (χ0v) is 12.5. The second-order valence-corrected chi connectivity index (χ2v) is 5.72. The van der Waals surface area contributed by atoms with Crippen LogP contribution in [-0.4, -0.2) is 29.6 Å². The monoisotopic (exact) mass is 290 g/mol. The van der Waals surface area contributed by atoms with Crippen LogP contribution in [0.15, 0.2) is 18.2 Å². The Labute approximate surface area is 124 Å². The van der Waals surface area contributed by atoms with Crippen molar-refractivity contribution < 1.29 is 14.7 Å². The first-order valence-electron chi connectivity index (χ1n) is 7.32. The molecule has 1 aromatic carbocycles. The van der Waals surface area contributed by atoms with E-state index in [0.717, 1.165) is 30.4 Å². The Morgan fingerprint density at radius 1 is 1.19 bits per heavy atom. The molecule has 0 aromatic heterocycles. The predicted molar refractivity (Wildman–Crippen MR) is 80.9 cm³/mol. The van der Waals surface area contributed by atoms with Gasteiger partial charge in [0.25, 0.3) is 0 Å². The molecule has 2 atom stereocenters. The van der Waals surface area contributed by atoms with Crippen LogP contribution >= 0.6 is 0 Å². The van der Waals surface area contributed by atoms with Crippen LogP contribution < -0.4 is 10.6 Å². The molecular weight excluding hydrogens is 268 g/mol. The summed E-state index contributed by atoms with van der Waals surface area (Å²) >= 11 is 0. The smallest absolute Gasteiger partial charge is 0.313 e. The van der Waals surface area contributed by atoms with Crippen molar-refractivity contribution in [3.05, 3.63) is 29.3 Å². The topological polar surface area (TPSA) is 78.4 Å². The fourth-order valence-electron chi connectivity index (χ4n) is 2.57. The van der Waals surface area contributed by atoms with E-state index < -0.39 is 11.8 Å². The van der Waals surface area contributed by atoms with Gasteiger partial charge in [-0.1, -0.05) is 12.5 Å².